The van der Waals surface area contributed by atoms with Crippen molar-refractivity contribution < 1.29 is 4.79 Å². The third kappa shape index (κ3) is 2.71. The first kappa shape index (κ1) is 14.2. The number of thiophene rings is 1. The van der Waals surface area contributed by atoms with Crippen LogP contribution < -0.4 is 5.32 Å². The molecule has 3 aromatic heterocycles. The molecule has 3 heterocycles. The van der Waals surface area contributed by atoms with E-state index in [1.54, 1.807) is 11.3 Å². The molecule has 0 aliphatic rings. The molecule has 0 bridgehead atoms. The fraction of sp³-hybridized carbons (Fsp3) is 0.357. The minimum Gasteiger partial charge on any atom is -0.336 e. The molecule has 3 rings (SSSR count). The van der Waals surface area contributed by atoms with E-state index in [2.05, 4.69) is 22.4 Å². The molecule has 21 heavy (non-hydrogen) atoms. The topological polar surface area (TPSA) is 59.8 Å². The molecule has 0 radical (unpaired) electrons. The van der Waals surface area contributed by atoms with Gasteiger partial charge in [0.2, 0.25) is 5.13 Å². The summed E-state index contributed by atoms with van der Waals surface area (Å²) in [6, 6.07) is 3.98. The molecule has 3 aromatic rings. The predicted molar refractivity (Wildman–Crippen MR) is 87.3 cm³/mol. The maximum Gasteiger partial charge on any atom is 0.274 e. The van der Waals surface area contributed by atoms with E-state index in [9.17, 15) is 4.79 Å². The first-order chi connectivity index (χ1) is 10.2. The van der Waals surface area contributed by atoms with E-state index < -0.39 is 0 Å². The van der Waals surface area contributed by atoms with Crippen LogP contribution in [-0.2, 0) is 13.0 Å². The summed E-state index contributed by atoms with van der Waals surface area (Å²) in [7, 11) is 0. The first-order valence-electron chi connectivity index (χ1n) is 6.93. The summed E-state index contributed by atoms with van der Waals surface area (Å²) in [6.07, 6.45) is 1.92. The van der Waals surface area contributed by atoms with Gasteiger partial charge in [-0.25, -0.2) is 0 Å². The van der Waals surface area contributed by atoms with Crippen molar-refractivity contribution in [1.82, 2.24) is 14.8 Å². The normalized spacial score (nSPS) is 11.1. The van der Waals surface area contributed by atoms with Crippen molar-refractivity contribution in [2.45, 2.75) is 33.2 Å². The highest BCUT2D eigenvalue weighted by atomic mass is 32.1. The highest BCUT2D eigenvalue weighted by Crippen LogP contribution is 2.26. The Hall–Kier alpha value is -1.73. The molecular formula is C14H16N4OS2. The van der Waals surface area contributed by atoms with Crippen molar-refractivity contribution >= 4 is 43.9 Å². The van der Waals surface area contributed by atoms with Crippen molar-refractivity contribution in [3.8, 4) is 0 Å². The van der Waals surface area contributed by atoms with E-state index in [4.69, 9.17) is 0 Å². The minimum absolute atomic E-state index is 0.126. The number of nitrogens with zero attached hydrogens (tertiary/aromatic N) is 3. The highest BCUT2D eigenvalue weighted by molar-refractivity contribution is 7.17. The number of anilines is 1. The molecule has 1 N–H and O–H groups in total. The van der Waals surface area contributed by atoms with Gasteiger partial charge in [-0.3, -0.25) is 10.1 Å². The Balaban J connectivity index is 1.84. The molecule has 1 amide bonds. The molecule has 0 saturated heterocycles. The van der Waals surface area contributed by atoms with E-state index in [0.717, 1.165) is 34.6 Å². The Morgan fingerprint density at radius 3 is 3.00 bits per heavy atom. The smallest absolute Gasteiger partial charge is 0.274 e. The molecule has 0 saturated carbocycles. The van der Waals surface area contributed by atoms with Crippen LogP contribution in [0.3, 0.4) is 0 Å². The van der Waals surface area contributed by atoms with Crippen molar-refractivity contribution in [1.29, 1.82) is 0 Å². The van der Waals surface area contributed by atoms with Crippen molar-refractivity contribution in [2.24, 2.45) is 0 Å². The zero-order valence-electron chi connectivity index (χ0n) is 11.9. The molecule has 0 unspecified atom stereocenters. The van der Waals surface area contributed by atoms with Crippen LogP contribution in [0.15, 0.2) is 17.5 Å². The quantitative estimate of drug-likeness (QED) is 0.778. The van der Waals surface area contributed by atoms with Crippen molar-refractivity contribution in [3.05, 3.63) is 28.2 Å². The Morgan fingerprint density at radius 2 is 2.24 bits per heavy atom. The van der Waals surface area contributed by atoms with Gasteiger partial charge in [0.05, 0.1) is 10.2 Å². The molecular weight excluding hydrogens is 304 g/mol. The lowest BCUT2D eigenvalue weighted by molar-refractivity contribution is 0.101. The minimum atomic E-state index is -0.126. The Morgan fingerprint density at radius 1 is 1.38 bits per heavy atom. The van der Waals surface area contributed by atoms with E-state index in [0.29, 0.717) is 10.8 Å². The summed E-state index contributed by atoms with van der Waals surface area (Å²) in [5.41, 5.74) is 1.78. The summed E-state index contributed by atoms with van der Waals surface area (Å²) < 4.78 is 3.15. The standard InChI is InChI=1S/C14H16N4OS2/c1-3-5-12-16-17-14(21-12)15-13(19)10-8-11-9(6-7-20-11)18(10)4-2/h6-8H,3-5H2,1-2H3,(H,15,17,19). The molecule has 0 fully saturated rings. The molecule has 0 aliphatic heterocycles. The number of carbonyl (C=O) groups is 1. The van der Waals surface area contributed by atoms with Gasteiger partial charge in [-0.2, -0.15) is 0 Å². The molecule has 0 aromatic carbocycles. The Bertz CT molecular complexity index is 771. The molecule has 0 aliphatic carbocycles. The summed E-state index contributed by atoms with van der Waals surface area (Å²) in [5.74, 6) is -0.126. The zero-order valence-corrected chi connectivity index (χ0v) is 13.6. The van der Waals surface area contributed by atoms with Crippen LogP contribution in [0.5, 0.6) is 0 Å². The molecule has 5 nitrogen and oxygen atoms in total. The van der Waals surface area contributed by atoms with Gasteiger partial charge in [-0.1, -0.05) is 18.3 Å². The monoisotopic (exact) mass is 320 g/mol. The Kier molecular flexibility index (Phi) is 4.03. The fourth-order valence-electron chi connectivity index (χ4n) is 2.29. The second kappa shape index (κ2) is 5.95. The summed E-state index contributed by atoms with van der Waals surface area (Å²) >= 11 is 3.09. The van der Waals surface area contributed by atoms with Gasteiger partial charge >= 0.3 is 0 Å². The van der Waals surface area contributed by atoms with Gasteiger partial charge in [0.25, 0.3) is 5.91 Å². The van der Waals surface area contributed by atoms with Crippen LogP contribution in [0.2, 0.25) is 0 Å². The fourth-order valence-corrected chi connectivity index (χ4v) is 3.94. The van der Waals surface area contributed by atoms with E-state index in [1.807, 2.05) is 29.0 Å². The van der Waals surface area contributed by atoms with Crippen LogP contribution >= 0.6 is 22.7 Å². The number of fused-ring (bicyclic) bond motifs is 1. The molecule has 7 heteroatoms. The van der Waals surface area contributed by atoms with Gasteiger partial charge in [-0.05, 0) is 30.9 Å². The number of nitrogens with one attached hydrogen (secondary N) is 1. The summed E-state index contributed by atoms with van der Waals surface area (Å²) in [4.78, 5) is 12.4. The van der Waals surface area contributed by atoms with Gasteiger partial charge in [0.1, 0.15) is 10.7 Å². The van der Waals surface area contributed by atoms with E-state index in [1.165, 1.54) is 11.3 Å². The maximum absolute atomic E-state index is 12.4. The largest absolute Gasteiger partial charge is 0.336 e. The van der Waals surface area contributed by atoms with Gasteiger partial charge in [0, 0.05) is 13.0 Å². The number of aryl methyl sites for hydroxylation is 2. The van der Waals surface area contributed by atoms with Crippen molar-refractivity contribution in [2.75, 3.05) is 5.32 Å². The zero-order chi connectivity index (χ0) is 14.8. The average Bonchev–Trinajstić information content (AvgIpc) is 3.13. The molecule has 110 valence electrons. The van der Waals surface area contributed by atoms with Crippen LogP contribution in [0.1, 0.15) is 35.8 Å². The summed E-state index contributed by atoms with van der Waals surface area (Å²) in [5, 5.41) is 14.5. The van der Waals surface area contributed by atoms with Gasteiger partial charge in [-0.15, -0.1) is 21.5 Å². The number of amides is 1. The van der Waals surface area contributed by atoms with Crippen LogP contribution in [0.25, 0.3) is 10.2 Å². The SMILES string of the molecule is CCCc1nnc(NC(=O)c2cc3sccc3n2CC)s1. The number of carbonyl (C=O) groups excluding carboxylic acids is 1. The second-order valence-corrected chi connectivity index (χ2v) is 6.66. The lowest BCUT2D eigenvalue weighted by Gasteiger charge is -2.06. The van der Waals surface area contributed by atoms with Gasteiger partial charge < -0.3 is 4.57 Å². The third-order valence-electron chi connectivity index (χ3n) is 3.22. The Labute approximate surface area is 130 Å². The highest BCUT2D eigenvalue weighted by Gasteiger charge is 2.17. The van der Waals surface area contributed by atoms with E-state index >= 15 is 0 Å². The second-order valence-electron chi connectivity index (χ2n) is 4.65. The lowest BCUT2D eigenvalue weighted by atomic mass is 10.4. The number of hydrogen-bond acceptors (Lipinski definition) is 5. The third-order valence-corrected chi connectivity index (χ3v) is 4.97. The number of rotatable bonds is 5. The van der Waals surface area contributed by atoms with Crippen LogP contribution in [0.4, 0.5) is 5.13 Å². The number of aromatic nitrogens is 3. The molecule has 0 atom stereocenters. The van der Waals surface area contributed by atoms with E-state index in [-0.39, 0.29) is 5.91 Å². The maximum atomic E-state index is 12.4. The first-order valence-corrected chi connectivity index (χ1v) is 8.63. The lowest BCUT2D eigenvalue weighted by Crippen LogP contribution is -2.16. The van der Waals surface area contributed by atoms with Crippen LogP contribution in [-0.4, -0.2) is 20.7 Å². The van der Waals surface area contributed by atoms with Gasteiger partial charge in [0.15, 0.2) is 0 Å². The summed E-state index contributed by atoms with van der Waals surface area (Å²) in [6.45, 7) is 4.90. The predicted octanol–water partition coefficient (Wildman–Crippen LogP) is 3.78. The number of hydrogen-bond donors (Lipinski definition) is 1. The molecule has 0 spiro atoms. The average molecular weight is 320 g/mol. The van der Waals surface area contributed by atoms with Crippen molar-refractivity contribution in [3.63, 3.8) is 0 Å². The van der Waals surface area contributed by atoms with Crippen LogP contribution in [0, 0.1) is 0 Å².